The lowest BCUT2D eigenvalue weighted by Gasteiger charge is -2.24. The number of amides is 2. The van der Waals surface area contributed by atoms with Gasteiger partial charge in [-0.15, -0.1) is 0 Å². The van der Waals surface area contributed by atoms with E-state index in [1.165, 1.54) is 0 Å². The van der Waals surface area contributed by atoms with E-state index in [9.17, 15) is 9.59 Å². The second-order valence-electron chi connectivity index (χ2n) is 6.36. The molecular formula is C20H26Br2N2O2. The summed E-state index contributed by atoms with van der Waals surface area (Å²) in [6.45, 7) is 17.6. The Kier molecular flexibility index (Phi) is 8.77. The van der Waals surface area contributed by atoms with Gasteiger partial charge in [0.25, 0.3) is 11.8 Å². The summed E-state index contributed by atoms with van der Waals surface area (Å²) < 4.78 is 1.20. The van der Waals surface area contributed by atoms with Crippen molar-refractivity contribution in [2.45, 2.75) is 27.7 Å². The van der Waals surface area contributed by atoms with Crippen molar-refractivity contribution in [3.63, 3.8) is 0 Å². The molecule has 142 valence electrons. The molecule has 0 aliphatic rings. The monoisotopic (exact) mass is 484 g/mol. The van der Waals surface area contributed by atoms with Crippen LogP contribution in [-0.4, -0.2) is 47.8 Å². The van der Waals surface area contributed by atoms with Crippen molar-refractivity contribution < 1.29 is 9.59 Å². The van der Waals surface area contributed by atoms with Crippen LogP contribution in [0.15, 0.2) is 45.4 Å². The Bertz CT molecular complexity index is 667. The average Bonchev–Trinajstić information content (AvgIpc) is 2.57. The van der Waals surface area contributed by atoms with Crippen LogP contribution < -0.4 is 0 Å². The summed E-state index contributed by atoms with van der Waals surface area (Å²) in [5, 5.41) is 0. The van der Waals surface area contributed by atoms with Crippen LogP contribution in [0.1, 0.15) is 48.4 Å². The SMILES string of the molecule is C=C(C)CN(CC)C(=O)c1cc(Br)c(C(=O)N(CC)CC(=C)C)cc1Br. The molecule has 1 aromatic rings. The summed E-state index contributed by atoms with van der Waals surface area (Å²) in [4.78, 5) is 29.1. The largest absolute Gasteiger partial charge is 0.335 e. The third kappa shape index (κ3) is 5.81. The van der Waals surface area contributed by atoms with Crippen molar-refractivity contribution in [1.82, 2.24) is 9.80 Å². The summed E-state index contributed by atoms with van der Waals surface area (Å²) in [6, 6.07) is 3.41. The first kappa shape index (κ1) is 22.6. The maximum absolute atomic E-state index is 12.8. The molecule has 0 N–H and O–H groups in total. The van der Waals surface area contributed by atoms with E-state index in [1.807, 2.05) is 27.7 Å². The lowest BCUT2D eigenvalue weighted by Crippen LogP contribution is -2.33. The molecular weight excluding hydrogens is 460 g/mol. The molecule has 0 spiro atoms. The average molecular weight is 486 g/mol. The highest BCUT2D eigenvalue weighted by Crippen LogP contribution is 2.28. The predicted molar refractivity (Wildman–Crippen MR) is 115 cm³/mol. The highest BCUT2D eigenvalue weighted by atomic mass is 79.9. The Morgan fingerprint density at radius 3 is 1.38 bits per heavy atom. The highest BCUT2D eigenvalue weighted by Gasteiger charge is 2.23. The fourth-order valence-electron chi connectivity index (χ4n) is 2.52. The maximum Gasteiger partial charge on any atom is 0.255 e. The van der Waals surface area contributed by atoms with E-state index >= 15 is 0 Å². The van der Waals surface area contributed by atoms with Crippen molar-refractivity contribution in [2.24, 2.45) is 0 Å². The Balaban J connectivity index is 3.22. The number of nitrogens with zero attached hydrogens (tertiary/aromatic N) is 2. The van der Waals surface area contributed by atoms with Gasteiger partial charge in [0, 0.05) is 35.1 Å². The molecule has 0 aliphatic heterocycles. The van der Waals surface area contributed by atoms with E-state index in [-0.39, 0.29) is 11.8 Å². The quantitative estimate of drug-likeness (QED) is 0.469. The van der Waals surface area contributed by atoms with Gasteiger partial charge in [-0.05, 0) is 71.7 Å². The number of rotatable bonds is 8. The van der Waals surface area contributed by atoms with Gasteiger partial charge in [-0.2, -0.15) is 0 Å². The summed E-state index contributed by atoms with van der Waals surface area (Å²) in [7, 11) is 0. The van der Waals surface area contributed by atoms with Crippen LogP contribution in [-0.2, 0) is 0 Å². The molecule has 0 atom stereocenters. The maximum atomic E-state index is 12.8. The van der Waals surface area contributed by atoms with Gasteiger partial charge >= 0.3 is 0 Å². The number of carbonyl (C=O) groups excluding carboxylic acids is 2. The molecule has 6 heteroatoms. The molecule has 0 heterocycles. The summed E-state index contributed by atoms with van der Waals surface area (Å²) >= 11 is 6.91. The van der Waals surface area contributed by atoms with Crippen LogP contribution >= 0.6 is 31.9 Å². The summed E-state index contributed by atoms with van der Waals surface area (Å²) in [6.07, 6.45) is 0. The number of hydrogen-bond acceptors (Lipinski definition) is 2. The van der Waals surface area contributed by atoms with Crippen LogP contribution in [0.3, 0.4) is 0 Å². The first-order valence-corrected chi connectivity index (χ1v) is 10.1. The zero-order chi connectivity index (χ0) is 20.0. The van der Waals surface area contributed by atoms with Crippen molar-refractivity contribution in [3.05, 3.63) is 56.5 Å². The number of benzene rings is 1. The van der Waals surface area contributed by atoms with E-state index in [1.54, 1.807) is 21.9 Å². The third-order valence-corrected chi connectivity index (χ3v) is 5.09. The Labute approximate surface area is 173 Å². The van der Waals surface area contributed by atoms with Gasteiger partial charge in [-0.25, -0.2) is 0 Å². The fraction of sp³-hybridized carbons (Fsp3) is 0.400. The van der Waals surface area contributed by atoms with E-state index in [0.29, 0.717) is 46.3 Å². The molecule has 0 radical (unpaired) electrons. The molecule has 0 aromatic heterocycles. The minimum absolute atomic E-state index is 0.101. The number of hydrogen-bond donors (Lipinski definition) is 0. The van der Waals surface area contributed by atoms with Crippen LogP contribution in [0.4, 0.5) is 0 Å². The number of likely N-dealkylation sites (N-methyl/N-ethyl adjacent to an activating group) is 2. The van der Waals surface area contributed by atoms with E-state index in [0.717, 1.165) is 11.1 Å². The molecule has 1 rings (SSSR count). The van der Waals surface area contributed by atoms with Crippen LogP contribution in [0.5, 0.6) is 0 Å². The van der Waals surface area contributed by atoms with E-state index in [4.69, 9.17) is 0 Å². The van der Waals surface area contributed by atoms with Gasteiger partial charge in [-0.1, -0.05) is 24.3 Å². The normalized spacial score (nSPS) is 10.4. The lowest BCUT2D eigenvalue weighted by molar-refractivity contribution is 0.0765. The van der Waals surface area contributed by atoms with Gasteiger partial charge in [0.2, 0.25) is 0 Å². The first-order valence-electron chi connectivity index (χ1n) is 8.48. The highest BCUT2D eigenvalue weighted by molar-refractivity contribution is 9.11. The molecule has 26 heavy (non-hydrogen) atoms. The Hall–Kier alpha value is -1.40. The van der Waals surface area contributed by atoms with Crippen molar-refractivity contribution in [1.29, 1.82) is 0 Å². The van der Waals surface area contributed by atoms with Crippen molar-refractivity contribution >= 4 is 43.7 Å². The minimum atomic E-state index is -0.101. The Morgan fingerprint density at radius 2 is 1.15 bits per heavy atom. The molecule has 0 unspecified atom stereocenters. The second-order valence-corrected chi connectivity index (χ2v) is 8.07. The molecule has 0 saturated heterocycles. The van der Waals surface area contributed by atoms with Gasteiger partial charge in [-0.3, -0.25) is 9.59 Å². The molecule has 4 nitrogen and oxygen atoms in total. The molecule has 2 amide bonds. The molecule has 0 bridgehead atoms. The smallest absolute Gasteiger partial charge is 0.255 e. The Morgan fingerprint density at radius 1 is 0.846 bits per heavy atom. The summed E-state index contributed by atoms with van der Waals surface area (Å²) in [5.41, 5.74) is 2.86. The minimum Gasteiger partial charge on any atom is -0.335 e. The predicted octanol–water partition coefficient (Wildman–Crippen LogP) is 5.29. The van der Waals surface area contributed by atoms with E-state index in [2.05, 4.69) is 45.0 Å². The first-order chi connectivity index (χ1) is 12.1. The summed E-state index contributed by atoms with van der Waals surface area (Å²) in [5.74, 6) is -0.201. The number of carbonyl (C=O) groups is 2. The molecule has 1 aromatic carbocycles. The topological polar surface area (TPSA) is 40.6 Å². The molecule has 0 aliphatic carbocycles. The molecule has 0 saturated carbocycles. The van der Waals surface area contributed by atoms with Crippen molar-refractivity contribution in [2.75, 3.05) is 26.2 Å². The van der Waals surface area contributed by atoms with Gasteiger partial charge in [0.05, 0.1) is 11.1 Å². The zero-order valence-electron chi connectivity index (χ0n) is 15.9. The second kappa shape index (κ2) is 10.1. The van der Waals surface area contributed by atoms with Gasteiger partial charge < -0.3 is 9.80 Å². The van der Waals surface area contributed by atoms with Gasteiger partial charge in [0.15, 0.2) is 0 Å². The van der Waals surface area contributed by atoms with Gasteiger partial charge in [0.1, 0.15) is 0 Å². The van der Waals surface area contributed by atoms with Crippen molar-refractivity contribution in [3.8, 4) is 0 Å². The third-order valence-electron chi connectivity index (χ3n) is 3.78. The van der Waals surface area contributed by atoms with E-state index < -0.39 is 0 Å². The zero-order valence-corrected chi connectivity index (χ0v) is 19.0. The fourth-order valence-corrected chi connectivity index (χ4v) is 3.55. The van der Waals surface area contributed by atoms with Crippen LogP contribution in [0.25, 0.3) is 0 Å². The van der Waals surface area contributed by atoms with Crippen LogP contribution in [0, 0.1) is 0 Å². The van der Waals surface area contributed by atoms with Crippen LogP contribution in [0.2, 0.25) is 0 Å². The lowest BCUT2D eigenvalue weighted by atomic mass is 10.1. The number of halogens is 2. The molecule has 0 fully saturated rings. The standard InChI is InChI=1S/C20H26Br2N2O2/c1-7-23(11-13(3)4)19(25)15-9-18(22)16(10-17(15)21)20(26)24(8-2)12-14(5)6/h9-10H,3,5,7-8,11-12H2,1-2,4,6H3.